The summed E-state index contributed by atoms with van der Waals surface area (Å²) in [6, 6.07) is 3.33. The largest absolute Gasteiger partial charge is 1.00 e. The molecule has 5 heteroatoms. The molecule has 1 rings (SSSR count). The third-order valence-corrected chi connectivity index (χ3v) is 1.09. The predicted molar refractivity (Wildman–Crippen MR) is 34.2 cm³/mol. The first-order valence-corrected chi connectivity index (χ1v) is 2.65. The van der Waals surface area contributed by atoms with Crippen molar-refractivity contribution in [3.8, 4) is 0 Å². The van der Waals surface area contributed by atoms with Gasteiger partial charge in [-0.3, -0.25) is 5.84 Å². The normalized spacial score (nSPS) is 8.64. The molecule has 0 aromatic heterocycles. The van der Waals surface area contributed by atoms with Gasteiger partial charge in [-0.1, -0.05) is 0 Å². The quantitative estimate of drug-likeness (QED) is 0.397. The monoisotopic (exact) mass is 179 g/mol. The minimum absolute atomic E-state index is 0. The van der Waals surface area contributed by atoms with Gasteiger partial charge >= 0.3 is 0 Å². The first-order valence-electron chi connectivity index (χ1n) is 2.65. The van der Waals surface area contributed by atoms with Gasteiger partial charge < -0.3 is 17.8 Å². The van der Waals surface area contributed by atoms with Gasteiger partial charge in [-0.25, -0.2) is 8.78 Å². The van der Waals surface area contributed by atoms with Crippen LogP contribution >= 0.6 is 0 Å². The number of nitrogens with two attached hydrogens (primary N) is 1. The first kappa shape index (κ1) is 10.1. The lowest BCUT2D eigenvalue weighted by Gasteiger charge is -1.98. The molecule has 62 valence electrons. The molecule has 0 radical (unpaired) electrons. The van der Waals surface area contributed by atoms with Crippen molar-refractivity contribution in [2.24, 2.45) is 5.84 Å². The fourth-order valence-electron chi connectivity index (χ4n) is 0.586. The Kier molecular flexibility index (Phi) is 3.78. The Morgan fingerprint density at radius 3 is 2.27 bits per heavy atom. The first-order chi connectivity index (χ1) is 4.74. The second kappa shape index (κ2) is 4.10. The molecular weight excluding hydrogens is 174 g/mol. The van der Waals surface area contributed by atoms with Crippen molar-refractivity contribution in [1.82, 2.24) is 0 Å². The average molecular weight is 180 g/mol. The molecule has 1 aromatic carbocycles. The number of nitrogen functional groups attached to an aromatic ring is 1. The highest BCUT2D eigenvalue weighted by molar-refractivity contribution is 5.41. The number of halogens is 3. The minimum Gasteiger partial charge on any atom is -1.00 e. The predicted octanol–water partition coefficient (Wildman–Crippen LogP) is -1.75. The molecule has 0 saturated carbocycles. The Bertz CT molecular complexity index is 242. The standard InChI is InChI=1S/C6H6F2N2.ClH/c7-5-2-1-4(10-9)3-6(5)8;/h1-3,10H,9H2;1H/p-1. The number of benzene rings is 1. The number of nitrogens with one attached hydrogen (secondary N) is 1. The topological polar surface area (TPSA) is 38.0 Å². The van der Waals surface area contributed by atoms with Gasteiger partial charge in [0.25, 0.3) is 0 Å². The van der Waals surface area contributed by atoms with E-state index in [-0.39, 0.29) is 12.4 Å². The summed E-state index contributed by atoms with van der Waals surface area (Å²) in [5.41, 5.74) is 2.53. The summed E-state index contributed by atoms with van der Waals surface area (Å²) in [6.45, 7) is 0. The van der Waals surface area contributed by atoms with E-state index >= 15 is 0 Å². The van der Waals surface area contributed by atoms with Gasteiger partial charge in [-0.2, -0.15) is 0 Å². The third kappa shape index (κ3) is 2.32. The highest BCUT2D eigenvalue weighted by Crippen LogP contribution is 2.10. The van der Waals surface area contributed by atoms with Crippen LogP contribution in [-0.4, -0.2) is 0 Å². The third-order valence-electron chi connectivity index (χ3n) is 1.09. The lowest BCUT2D eigenvalue weighted by molar-refractivity contribution is -0.00000318. The van der Waals surface area contributed by atoms with Crippen LogP contribution in [0.2, 0.25) is 0 Å². The maximum Gasteiger partial charge on any atom is 0.160 e. The van der Waals surface area contributed by atoms with Crippen molar-refractivity contribution in [1.29, 1.82) is 0 Å². The van der Waals surface area contributed by atoms with E-state index in [2.05, 4.69) is 5.43 Å². The maximum absolute atomic E-state index is 12.3. The van der Waals surface area contributed by atoms with Crippen LogP contribution in [0.1, 0.15) is 0 Å². The molecule has 11 heavy (non-hydrogen) atoms. The van der Waals surface area contributed by atoms with E-state index in [1.54, 1.807) is 0 Å². The number of anilines is 1. The van der Waals surface area contributed by atoms with Crippen LogP contribution in [0.15, 0.2) is 18.2 Å². The van der Waals surface area contributed by atoms with E-state index in [1.165, 1.54) is 6.07 Å². The van der Waals surface area contributed by atoms with Crippen molar-refractivity contribution >= 4 is 5.69 Å². The zero-order chi connectivity index (χ0) is 7.56. The molecule has 0 saturated heterocycles. The second-order valence-corrected chi connectivity index (χ2v) is 1.77. The number of hydrazine groups is 1. The molecule has 0 heterocycles. The van der Waals surface area contributed by atoms with Crippen molar-refractivity contribution in [3.63, 3.8) is 0 Å². The smallest absolute Gasteiger partial charge is 0.160 e. The summed E-state index contributed by atoms with van der Waals surface area (Å²) in [7, 11) is 0. The molecular formula is C6H6ClF2N2-. The van der Waals surface area contributed by atoms with E-state index in [0.29, 0.717) is 5.69 Å². The van der Waals surface area contributed by atoms with E-state index in [4.69, 9.17) is 5.84 Å². The summed E-state index contributed by atoms with van der Waals surface area (Å²) < 4.78 is 24.5. The van der Waals surface area contributed by atoms with Gasteiger partial charge in [0.15, 0.2) is 11.6 Å². The van der Waals surface area contributed by atoms with Gasteiger partial charge in [-0.05, 0) is 12.1 Å². The summed E-state index contributed by atoms with van der Waals surface area (Å²) in [6.07, 6.45) is 0. The van der Waals surface area contributed by atoms with Gasteiger partial charge in [0.05, 0.1) is 5.69 Å². The molecule has 0 amide bonds. The molecule has 0 spiro atoms. The Labute approximate surface area is 68.8 Å². The number of hydrogen-bond acceptors (Lipinski definition) is 2. The summed E-state index contributed by atoms with van der Waals surface area (Å²) in [5, 5.41) is 0. The van der Waals surface area contributed by atoms with Crippen LogP contribution in [0.25, 0.3) is 0 Å². The highest BCUT2D eigenvalue weighted by atomic mass is 35.5. The molecule has 1 aromatic rings. The van der Waals surface area contributed by atoms with E-state index in [9.17, 15) is 8.78 Å². The van der Waals surface area contributed by atoms with Crippen LogP contribution in [0, 0.1) is 11.6 Å². The van der Waals surface area contributed by atoms with Gasteiger partial charge in [0, 0.05) is 6.07 Å². The fourth-order valence-corrected chi connectivity index (χ4v) is 0.586. The lowest BCUT2D eigenvalue weighted by Crippen LogP contribution is -3.00. The van der Waals surface area contributed by atoms with Crippen LogP contribution in [0.5, 0.6) is 0 Å². The Balaban J connectivity index is 0.000001000. The molecule has 3 N–H and O–H groups in total. The van der Waals surface area contributed by atoms with E-state index in [1.807, 2.05) is 0 Å². The molecule has 0 atom stereocenters. The number of hydrogen-bond donors (Lipinski definition) is 2. The highest BCUT2D eigenvalue weighted by Gasteiger charge is 1.99. The maximum atomic E-state index is 12.3. The van der Waals surface area contributed by atoms with Crippen LogP contribution < -0.4 is 23.7 Å². The van der Waals surface area contributed by atoms with Crippen molar-refractivity contribution in [2.75, 3.05) is 5.43 Å². The van der Waals surface area contributed by atoms with Gasteiger partial charge in [0.1, 0.15) is 0 Å². The lowest BCUT2D eigenvalue weighted by atomic mass is 10.3. The number of rotatable bonds is 1. The molecule has 0 fully saturated rings. The molecule has 0 aliphatic rings. The van der Waals surface area contributed by atoms with Gasteiger partial charge in [0.2, 0.25) is 0 Å². The Hall–Kier alpha value is -0.870. The van der Waals surface area contributed by atoms with Crippen LogP contribution in [0.4, 0.5) is 14.5 Å². The van der Waals surface area contributed by atoms with Crippen LogP contribution in [-0.2, 0) is 0 Å². The van der Waals surface area contributed by atoms with Crippen molar-refractivity contribution in [3.05, 3.63) is 29.8 Å². The molecule has 0 aliphatic heterocycles. The van der Waals surface area contributed by atoms with E-state index in [0.717, 1.165) is 12.1 Å². The second-order valence-electron chi connectivity index (χ2n) is 1.77. The molecule has 0 aliphatic carbocycles. The fraction of sp³-hybridized carbons (Fsp3) is 0. The van der Waals surface area contributed by atoms with Crippen molar-refractivity contribution < 1.29 is 21.2 Å². The summed E-state index contributed by atoms with van der Waals surface area (Å²) >= 11 is 0. The zero-order valence-electron chi connectivity index (χ0n) is 5.44. The zero-order valence-corrected chi connectivity index (χ0v) is 6.20. The van der Waals surface area contributed by atoms with Crippen molar-refractivity contribution in [2.45, 2.75) is 0 Å². The molecule has 0 bridgehead atoms. The van der Waals surface area contributed by atoms with Gasteiger partial charge in [-0.15, -0.1) is 0 Å². The van der Waals surface area contributed by atoms with Crippen LogP contribution in [0.3, 0.4) is 0 Å². The Morgan fingerprint density at radius 1 is 1.18 bits per heavy atom. The molecule has 2 nitrogen and oxygen atoms in total. The minimum atomic E-state index is -0.907. The summed E-state index contributed by atoms with van der Waals surface area (Å²) in [5.74, 6) is 3.15. The van der Waals surface area contributed by atoms with E-state index < -0.39 is 11.6 Å². The summed E-state index contributed by atoms with van der Waals surface area (Å²) in [4.78, 5) is 0. The Morgan fingerprint density at radius 2 is 1.82 bits per heavy atom. The SMILES string of the molecule is NNc1ccc(F)c(F)c1.[Cl-]. The average Bonchev–Trinajstić information content (AvgIpc) is 1.95. The molecule has 0 unspecified atom stereocenters.